The fraction of sp³-hybridized carbons (Fsp3) is 0.200. The zero-order valence-electron chi connectivity index (χ0n) is 20.3. The Bertz CT molecular complexity index is 1050. The van der Waals surface area contributed by atoms with Gasteiger partial charge in [-0.2, -0.15) is 26.9 Å². The van der Waals surface area contributed by atoms with Gasteiger partial charge in [0.1, 0.15) is 0 Å². The van der Waals surface area contributed by atoms with Crippen molar-refractivity contribution in [1.29, 1.82) is 0 Å². The molecule has 0 radical (unpaired) electrons. The van der Waals surface area contributed by atoms with Crippen molar-refractivity contribution in [2.75, 3.05) is 0 Å². The molecule has 0 heterocycles. The van der Waals surface area contributed by atoms with Crippen LogP contribution in [0.4, 0.5) is 0 Å². The number of aryl methyl sites for hydroxylation is 1. The standard InChI is InChI=1S/C22H24B.C8H9O2S/c1-2-3-19-23(20-13-7-4-8-14-20,21-15-9-5-10-16-21)22-17-11-6-12-18-22;1-6-4-3-5-8(7(6)2)10-11-9/h4-18H,2-3,19H2,1H3;3-5H,1-2H3/q-1;+1. The normalized spacial score (nSPS) is 10.7. The quantitative estimate of drug-likeness (QED) is 0.181. The van der Waals surface area contributed by atoms with Gasteiger partial charge in [0.2, 0.25) is 5.75 Å². The third kappa shape index (κ3) is 6.01. The lowest BCUT2D eigenvalue weighted by Gasteiger charge is -2.43. The van der Waals surface area contributed by atoms with Crippen LogP contribution in [0.1, 0.15) is 30.9 Å². The molecule has 0 saturated carbocycles. The first-order valence-corrected chi connectivity index (χ1v) is 12.7. The predicted octanol–water partition coefficient (Wildman–Crippen LogP) is 5.98. The van der Waals surface area contributed by atoms with Crippen LogP contribution in [0, 0.1) is 13.8 Å². The summed E-state index contributed by atoms with van der Waals surface area (Å²) in [5, 5.41) is 0. The van der Waals surface area contributed by atoms with Crippen LogP contribution in [0.15, 0.2) is 109 Å². The number of rotatable bonds is 8. The molecule has 0 aromatic heterocycles. The highest BCUT2D eigenvalue weighted by Crippen LogP contribution is 2.20. The van der Waals surface area contributed by atoms with Gasteiger partial charge < -0.3 is 0 Å². The van der Waals surface area contributed by atoms with Gasteiger partial charge in [-0.3, -0.25) is 0 Å². The maximum atomic E-state index is 10.1. The molecule has 0 fully saturated rings. The molecule has 2 nitrogen and oxygen atoms in total. The Morgan fingerprint density at radius 3 is 1.56 bits per heavy atom. The van der Waals surface area contributed by atoms with E-state index in [0.29, 0.717) is 5.75 Å². The molecule has 0 aliphatic carbocycles. The highest BCUT2D eigenvalue weighted by atomic mass is 32.2. The van der Waals surface area contributed by atoms with Crippen molar-refractivity contribution in [1.82, 2.24) is 0 Å². The second kappa shape index (κ2) is 12.9. The van der Waals surface area contributed by atoms with Gasteiger partial charge in [0.25, 0.3) is 0 Å². The fourth-order valence-electron chi connectivity index (χ4n) is 4.78. The molecule has 0 aliphatic heterocycles. The van der Waals surface area contributed by atoms with Crippen LogP contribution in [0.3, 0.4) is 0 Å². The number of unbranched alkanes of at least 4 members (excludes halogenated alkanes) is 1. The molecular formula is C30H33BO2S. The van der Waals surface area contributed by atoms with Gasteiger partial charge in [0, 0.05) is 5.56 Å². The molecule has 0 saturated heterocycles. The van der Waals surface area contributed by atoms with Gasteiger partial charge in [-0.1, -0.05) is 123 Å². The van der Waals surface area contributed by atoms with Crippen LogP contribution in [0.25, 0.3) is 0 Å². The van der Waals surface area contributed by atoms with Crippen molar-refractivity contribution >= 4 is 34.5 Å². The molecule has 4 aromatic rings. The first-order valence-electron chi connectivity index (χ1n) is 12.0. The predicted molar refractivity (Wildman–Crippen MR) is 148 cm³/mol. The average Bonchev–Trinajstić information content (AvgIpc) is 2.90. The molecule has 0 N–H and O–H groups in total. The molecule has 0 amide bonds. The third-order valence-electron chi connectivity index (χ3n) is 6.78. The van der Waals surface area contributed by atoms with Crippen molar-refractivity contribution in [2.24, 2.45) is 0 Å². The SMILES string of the molecule is CCCC[B-](c1ccccc1)(c1ccccc1)c1ccccc1.Cc1cccc(O[S+]=O)c1C. The van der Waals surface area contributed by atoms with Crippen molar-refractivity contribution in [3.05, 3.63) is 120 Å². The lowest BCUT2D eigenvalue weighted by molar-refractivity contribution is 0.535. The number of benzene rings is 4. The molecule has 0 aliphatic rings. The van der Waals surface area contributed by atoms with Gasteiger partial charge in [-0.05, 0) is 25.5 Å². The molecular weight excluding hydrogens is 435 g/mol. The van der Waals surface area contributed by atoms with Crippen molar-refractivity contribution < 1.29 is 8.39 Å². The third-order valence-corrected chi connectivity index (χ3v) is 7.02. The van der Waals surface area contributed by atoms with E-state index in [9.17, 15) is 4.21 Å². The van der Waals surface area contributed by atoms with E-state index in [-0.39, 0.29) is 11.9 Å². The minimum Gasteiger partial charge on any atom is -0.200 e. The molecule has 0 unspecified atom stereocenters. The molecule has 0 atom stereocenters. The Labute approximate surface area is 208 Å². The Morgan fingerprint density at radius 1 is 0.676 bits per heavy atom. The van der Waals surface area contributed by atoms with Gasteiger partial charge in [-0.25, -0.2) is 0 Å². The molecule has 0 bridgehead atoms. The van der Waals surface area contributed by atoms with E-state index in [0.717, 1.165) is 11.1 Å². The zero-order chi connectivity index (χ0) is 24.2. The summed E-state index contributed by atoms with van der Waals surface area (Å²) < 4.78 is 14.8. The highest BCUT2D eigenvalue weighted by molar-refractivity contribution is 7.60. The first kappa shape index (κ1) is 25.4. The maximum Gasteiger partial charge on any atom is 0.759 e. The van der Waals surface area contributed by atoms with E-state index in [1.807, 2.05) is 26.0 Å². The summed E-state index contributed by atoms with van der Waals surface area (Å²) in [6.07, 6.45) is 2.73. The van der Waals surface area contributed by atoms with E-state index in [2.05, 4.69) is 97.9 Å². The number of hydrogen-bond donors (Lipinski definition) is 0. The van der Waals surface area contributed by atoms with Gasteiger partial charge in [0.05, 0.1) is 10.4 Å². The summed E-state index contributed by atoms with van der Waals surface area (Å²) in [5.74, 6) is 0.657. The zero-order valence-corrected chi connectivity index (χ0v) is 21.1. The van der Waals surface area contributed by atoms with Crippen molar-refractivity contribution in [3.63, 3.8) is 0 Å². The summed E-state index contributed by atoms with van der Waals surface area (Å²) in [5.41, 5.74) is 6.49. The average molecular weight is 468 g/mol. The number of hydrogen-bond acceptors (Lipinski definition) is 2. The largest absolute Gasteiger partial charge is 0.759 e. The van der Waals surface area contributed by atoms with Crippen molar-refractivity contribution in [3.8, 4) is 5.75 Å². The highest BCUT2D eigenvalue weighted by Gasteiger charge is 2.28. The lowest BCUT2D eigenvalue weighted by atomic mass is 9.14. The Hall–Kier alpha value is -3.24. The summed E-state index contributed by atoms with van der Waals surface area (Å²) in [4.78, 5) is 0. The van der Waals surface area contributed by atoms with Gasteiger partial charge in [0.15, 0.2) is 0 Å². The molecule has 34 heavy (non-hydrogen) atoms. The van der Waals surface area contributed by atoms with Crippen LogP contribution in [-0.2, 0) is 16.2 Å². The van der Waals surface area contributed by atoms with Crippen LogP contribution >= 0.6 is 0 Å². The molecule has 0 spiro atoms. The molecule has 4 aromatic carbocycles. The fourth-order valence-corrected chi connectivity index (χ4v) is 5.04. The smallest absolute Gasteiger partial charge is 0.200 e. The van der Waals surface area contributed by atoms with E-state index in [1.54, 1.807) is 6.07 Å². The Balaban J connectivity index is 0.000000248. The minimum atomic E-state index is -0.913. The van der Waals surface area contributed by atoms with E-state index >= 15 is 0 Å². The topological polar surface area (TPSA) is 26.3 Å². The summed E-state index contributed by atoms with van der Waals surface area (Å²) in [7, 11) is 0. The Morgan fingerprint density at radius 2 is 1.15 bits per heavy atom. The molecule has 4 heteroatoms. The van der Waals surface area contributed by atoms with E-state index in [1.165, 1.54) is 35.6 Å². The monoisotopic (exact) mass is 468 g/mol. The minimum absolute atomic E-state index is 0.128. The first-order chi connectivity index (χ1) is 16.6. The maximum absolute atomic E-state index is 10.1. The van der Waals surface area contributed by atoms with Crippen molar-refractivity contribution in [2.45, 2.75) is 39.9 Å². The van der Waals surface area contributed by atoms with Crippen LogP contribution < -0.4 is 20.6 Å². The Kier molecular flexibility index (Phi) is 9.60. The second-order valence-corrected chi connectivity index (χ2v) is 9.07. The molecule has 4 rings (SSSR count). The summed E-state index contributed by atoms with van der Waals surface area (Å²) in [6.45, 7) is 6.19. The van der Waals surface area contributed by atoms with E-state index < -0.39 is 6.15 Å². The van der Waals surface area contributed by atoms with Gasteiger partial charge in [-0.15, -0.1) is 0 Å². The lowest BCUT2D eigenvalue weighted by Crippen LogP contribution is -2.66. The summed E-state index contributed by atoms with van der Waals surface area (Å²) >= 11 is 0.128. The van der Waals surface area contributed by atoms with Crippen LogP contribution in [0.2, 0.25) is 6.32 Å². The van der Waals surface area contributed by atoms with Crippen LogP contribution in [-0.4, -0.2) is 6.15 Å². The van der Waals surface area contributed by atoms with Gasteiger partial charge >= 0.3 is 11.9 Å². The summed E-state index contributed by atoms with van der Waals surface area (Å²) in [6, 6.07) is 38.8. The molecule has 174 valence electrons. The second-order valence-electron chi connectivity index (χ2n) is 8.77. The van der Waals surface area contributed by atoms with E-state index in [4.69, 9.17) is 4.18 Å². The van der Waals surface area contributed by atoms with Crippen LogP contribution in [0.5, 0.6) is 5.75 Å².